The average molecular weight is 363 g/mol. The number of hydrogen-bond donors (Lipinski definition) is 1. The normalized spacial score (nSPS) is 14.2. The first kappa shape index (κ1) is 12.7. The molecule has 1 aliphatic rings. The Morgan fingerprint density at radius 3 is 2.47 bits per heavy atom. The zero-order valence-corrected chi connectivity index (χ0v) is 12.6. The summed E-state index contributed by atoms with van der Waals surface area (Å²) in [6.45, 7) is 0. The zero-order valence-electron chi connectivity index (χ0n) is 10.4. The molecule has 1 amide bonds. The molecule has 2 aromatic carbocycles. The molecular formula is C16H14INO. The van der Waals surface area contributed by atoms with Crippen molar-refractivity contribution in [3.05, 3.63) is 63.2 Å². The molecule has 1 saturated carbocycles. The van der Waals surface area contributed by atoms with Crippen molar-refractivity contribution in [1.29, 1.82) is 0 Å². The number of nitrogens with one attached hydrogen (secondary N) is 1. The van der Waals surface area contributed by atoms with E-state index in [0.29, 0.717) is 5.92 Å². The first-order valence-corrected chi connectivity index (χ1v) is 7.48. The molecule has 2 nitrogen and oxygen atoms in total. The van der Waals surface area contributed by atoms with Crippen LogP contribution in [-0.2, 0) is 0 Å². The van der Waals surface area contributed by atoms with Gasteiger partial charge in [-0.1, -0.05) is 30.3 Å². The molecule has 0 bridgehead atoms. The van der Waals surface area contributed by atoms with E-state index in [9.17, 15) is 4.79 Å². The van der Waals surface area contributed by atoms with Gasteiger partial charge in [-0.05, 0) is 65.1 Å². The van der Waals surface area contributed by atoms with E-state index >= 15 is 0 Å². The molecule has 19 heavy (non-hydrogen) atoms. The van der Waals surface area contributed by atoms with Crippen LogP contribution < -0.4 is 5.32 Å². The highest BCUT2D eigenvalue weighted by Gasteiger charge is 2.26. The van der Waals surface area contributed by atoms with Crippen LogP contribution >= 0.6 is 22.6 Å². The quantitative estimate of drug-likeness (QED) is 0.804. The number of carbonyl (C=O) groups excluding carboxylic acids is 1. The molecule has 1 aliphatic carbocycles. The highest BCUT2D eigenvalue weighted by Crippen LogP contribution is 2.43. The lowest BCUT2D eigenvalue weighted by Gasteiger charge is -2.11. The number of carbonyl (C=O) groups is 1. The number of para-hydroxylation sites is 1. The Morgan fingerprint density at radius 2 is 1.74 bits per heavy atom. The van der Waals surface area contributed by atoms with Crippen molar-refractivity contribution >= 4 is 34.2 Å². The fourth-order valence-electron chi connectivity index (χ4n) is 2.20. The van der Waals surface area contributed by atoms with E-state index in [1.807, 2.05) is 42.5 Å². The third-order valence-corrected chi connectivity index (χ3v) is 4.29. The smallest absolute Gasteiger partial charge is 0.256 e. The van der Waals surface area contributed by atoms with E-state index in [0.717, 1.165) is 14.8 Å². The van der Waals surface area contributed by atoms with Crippen LogP contribution in [0.2, 0.25) is 0 Å². The van der Waals surface area contributed by atoms with Crippen molar-refractivity contribution in [3.63, 3.8) is 0 Å². The third-order valence-electron chi connectivity index (χ3n) is 3.34. The largest absolute Gasteiger partial charge is 0.322 e. The Labute approximate surface area is 126 Å². The van der Waals surface area contributed by atoms with E-state index in [1.54, 1.807) is 0 Å². The van der Waals surface area contributed by atoms with Crippen LogP contribution in [0.5, 0.6) is 0 Å². The molecule has 96 valence electrons. The number of amides is 1. The standard InChI is InChI=1S/C16H14INO/c17-14-7-3-1-6-13(14)16(19)18-15-8-4-2-5-12(15)11-9-10-11/h1-8,11H,9-10H2,(H,18,19). The second-order valence-electron chi connectivity index (χ2n) is 4.80. The van der Waals surface area contributed by atoms with Gasteiger partial charge in [0.05, 0.1) is 5.56 Å². The van der Waals surface area contributed by atoms with E-state index < -0.39 is 0 Å². The van der Waals surface area contributed by atoms with Gasteiger partial charge >= 0.3 is 0 Å². The number of halogens is 1. The summed E-state index contributed by atoms with van der Waals surface area (Å²) in [5, 5.41) is 3.05. The Morgan fingerprint density at radius 1 is 1.05 bits per heavy atom. The maximum absolute atomic E-state index is 12.3. The first-order valence-electron chi connectivity index (χ1n) is 6.40. The van der Waals surface area contributed by atoms with Gasteiger partial charge in [0.15, 0.2) is 0 Å². The summed E-state index contributed by atoms with van der Waals surface area (Å²) in [4.78, 5) is 12.3. The molecule has 0 unspecified atom stereocenters. The van der Waals surface area contributed by atoms with Crippen LogP contribution in [0.1, 0.15) is 34.7 Å². The van der Waals surface area contributed by atoms with Crippen LogP contribution in [0.25, 0.3) is 0 Å². The maximum atomic E-state index is 12.3. The monoisotopic (exact) mass is 363 g/mol. The van der Waals surface area contributed by atoms with E-state index in [4.69, 9.17) is 0 Å². The highest BCUT2D eigenvalue weighted by atomic mass is 127. The van der Waals surface area contributed by atoms with Gasteiger partial charge in [0.2, 0.25) is 0 Å². The highest BCUT2D eigenvalue weighted by molar-refractivity contribution is 14.1. The molecule has 0 aliphatic heterocycles. The van der Waals surface area contributed by atoms with Crippen molar-refractivity contribution < 1.29 is 4.79 Å². The van der Waals surface area contributed by atoms with E-state index in [2.05, 4.69) is 34.0 Å². The molecule has 1 fully saturated rings. The number of anilines is 1. The van der Waals surface area contributed by atoms with Crippen LogP contribution in [0.4, 0.5) is 5.69 Å². The summed E-state index contributed by atoms with van der Waals surface area (Å²) < 4.78 is 0.974. The summed E-state index contributed by atoms with van der Waals surface area (Å²) in [5.41, 5.74) is 2.95. The number of benzene rings is 2. The van der Waals surface area contributed by atoms with Crippen LogP contribution in [0, 0.1) is 3.57 Å². The topological polar surface area (TPSA) is 29.1 Å². The lowest BCUT2D eigenvalue weighted by Crippen LogP contribution is -2.14. The molecule has 2 aromatic rings. The first-order chi connectivity index (χ1) is 9.25. The molecule has 0 spiro atoms. The van der Waals surface area contributed by atoms with Crippen LogP contribution in [0.15, 0.2) is 48.5 Å². The fraction of sp³-hybridized carbons (Fsp3) is 0.188. The third kappa shape index (κ3) is 2.81. The van der Waals surface area contributed by atoms with Crippen LogP contribution in [0.3, 0.4) is 0 Å². The van der Waals surface area contributed by atoms with Gasteiger partial charge in [-0.3, -0.25) is 4.79 Å². The predicted octanol–water partition coefficient (Wildman–Crippen LogP) is 4.42. The van der Waals surface area contributed by atoms with Gasteiger partial charge in [0.25, 0.3) is 5.91 Å². The second-order valence-corrected chi connectivity index (χ2v) is 5.96. The maximum Gasteiger partial charge on any atom is 0.256 e. The summed E-state index contributed by atoms with van der Waals surface area (Å²) in [6.07, 6.45) is 2.46. The van der Waals surface area contributed by atoms with Crippen molar-refractivity contribution in [3.8, 4) is 0 Å². The zero-order chi connectivity index (χ0) is 13.2. The molecule has 3 rings (SSSR count). The molecule has 0 heterocycles. The van der Waals surface area contributed by atoms with Gasteiger partial charge in [-0.2, -0.15) is 0 Å². The SMILES string of the molecule is O=C(Nc1ccccc1C1CC1)c1ccccc1I. The predicted molar refractivity (Wildman–Crippen MR) is 85.5 cm³/mol. The van der Waals surface area contributed by atoms with Crippen molar-refractivity contribution in [2.45, 2.75) is 18.8 Å². The van der Waals surface area contributed by atoms with Crippen molar-refractivity contribution in [2.75, 3.05) is 5.32 Å². The van der Waals surface area contributed by atoms with Crippen LogP contribution in [-0.4, -0.2) is 5.91 Å². The Kier molecular flexibility index (Phi) is 3.55. The van der Waals surface area contributed by atoms with Gasteiger partial charge < -0.3 is 5.32 Å². The average Bonchev–Trinajstić information content (AvgIpc) is 3.24. The van der Waals surface area contributed by atoms with E-state index in [1.165, 1.54) is 18.4 Å². The second kappa shape index (κ2) is 5.33. The van der Waals surface area contributed by atoms with Gasteiger partial charge in [-0.25, -0.2) is 0 Å². The molecule has 1 N–H and O–H groups in total. The molecule has 3 heteroatoms. The number of rotatable bonds is 3. The Balaban J connectivity index is 1.86. The summed E-state index contributed by atoms with van der Waals surface area (Å²) >= 11 is 2.19. The fourth-order valence-corrected chi connectivity index (χ4v) is 2.83. The summed E-state index contributed by atoms with van der Waals surface area (Å²) in [7, 11) is 0. The molecule has 0 saturated heterocycles. The lowest BCUT2D eigenvalue weighted by atomic mass is 10.1. The molecule has 0 atom stereocenters. The molecule has 0 radical (unpaired) electrons. The Bertz CT molecular complexity index is 620. The molecule has 0 aromatic heterocycles. The minimum absolute atomic E-state index is 0.0295. The van der Waals surface area contributed by atoms with Gasteiger partial charge in [-0.15, -0.1) is 0 Å². The lowest BCUT2D eigenvalue weighted by molar-refractivity contribution is 0.102. The summed E-state index contributed by atoms with van der Waals surface area (Å²) in [5.74, 6) is 0.601. The van der Waals surface area contributed by atoms with Crippen molar-refractivity contribution in [1.82, 2.24) is 0 Å². The van der Waals surface area contributed by atoms with Gasteiger partial charge in [0.1, 0.15) is 0 Å². The van der Waals surface area contributed by atoms with Gasteiger partial charge in [0, 0.05) is 9.26 Å². The van der Waals surface area contributed by atoms with E-state index in [-0.39, 0.29) is 5.91 Å². The Hall–Kier alpha value is -1.36. The summed E-state index contributed by atoms with van der Waals surface area (Å²) in [6, 6.07) is 15.7. The number of hydrogen-bond acceptors (Lipinski definition) is 1. The minimum Gasteiger partial charge on any atom is -0.322 e. The van der Waals surface area contributed by atoms with Crippen molar-refractivity contribution in [2.24, 2.45) is 0 Å². The minimum atomic E-state index is -0.0295. The molecular weight excluding hydrogens is 349 g/mol.